The Bertz CT molecular complexity index is 1430. The van der Waals surface area contributed by atoms with E-state index in [1.807, 2.05) is 79.1 Å². The van der Waals surface area contributed by atoms with Crippen molar-refractivity contribution in [3.8, 4) is 28.1 Å². The van der Waals surface area contributed by atoms with E-state index < -0.39 is 0 Å². The second-order valence-electron chi connectivity index (χ2n) is 7.74. The van der Waals surface area contributed by atoms with Gasteiger partial charge in [0.05, 0.1) is 0 Å². The van der Waals surface area contributed by atoms with Gasteiger partial charge < -0.3 is 15.0 Å². The molecule has 0 fully saturated rings. The van der Waals surface area contributed by atoms with Crippen molar-refractivity contribution in [3.05, 3.63) is 97.0 Å². The lowest BCUT2D eigenvalue weighted by atomic mass is 10.0. The number of carbonyl (C=O) groups excluding carboxylic acids is 1. The first-order chi connectivity index (χ1) is 16.2. The maximum Gasteiger partial charge on any atom is 0.221 e. The zero-order valence-electron chi connectivity index (χ0n) is 18.1. The number of benzene rings is 2. The third kappa shape index (κ3) is 4.60. The fourth-order valence-corrected chi connectivity index (χ4v) is 3.77. The lowest BCUT2D eigenvalue weighted by Gasteiger charge is -2.08. The Balaban J connectivity index is 1.45. The number of pyridine rings is 2. The Kier molecular flexibility index (Phi) is 5.55. The summed E-state index contributed by atoms with van der Waals surface area (Å²) in [5.74, 6) is 0.467. The average molecular weight is 434 g/mol. The molecule has 0 aliphatic heterocycles. The summed E-state index contributed by atoms with van der Waals surface area (Å²) in [6.07, 6.45) is 5.53. The molecule has 2 aromatic carbocycles. The van der Waals surface area contributed by atoms with Crippen molar-refractivity contribution >= 4 is 22.6 Å². The number of nitrogens with zero attached hydrogens (tertiary/aromatic N) is 2. The van der Waals surface area contributed by atoms with Crippen LogP contribution in [-0.4, -0.2) is 20.9 Å². The maximum absolute atomic E-state index is 11.4. The number of H-pyrrole nitrogens is 1. The highest BCUT2D eigenvalue weighted by atomic mass is 16.5. The molecule has 3 heterocycles. The molecular weight excluding hydrogens is 412 g/mol. The highest BCUT2D eigenvalue weighted by molar-refractivity contribution is 5.96. The van der Waals surface area contributed by atoms with Crippen LogP contribution in [0, 0.1) is 0 Å². The predicted octanol–water partition coefficient (Wildman–Crippen LogP) is 5.83. The molecule has 0 bridgehead atoms. The summed E-state index contributed by atoms with van der Waals surface area (Å²) in [6, 6.07) is 23.8. The normalized spacial score (nSPS) is 10.8. The van der Waals surface area contributed by atoms with E-state index in [1.165, 1.54) is 6.92 Å². The van der Waals surface area contributed by atoms with Gasteiger partial charge in [-0.3, -0.25) is 4.79 Å². The molecule has 0 radical (unpaired) electrons. The zero-order valence-corrected chi connectivity index (χ0v) is 18.1. The summed E-state index contributed by atoms with van der Waals surface area (Å²) in [6.45, 7) is 1.96. The first kappa shape index (κ1) is 20.5. The van der Waals surface area contributed by atoms with Crippen LogP contribution in [-0.2, 0) is 11.4 Å². The molecule has 0 aliphatic carbocycles. The van der Waals surface area contributed by atoms with Crippen molar-refractivity contribution in [1.29, 1.82) is 0 Å². The lowest BCUT2D eigenvalue weighted by Crippen LogP contribution is -2.05. The number of carbonyl (C=O) groups is 1. The standard InChI is InChI=1S/C27H22N4O2/c1-18(32)31-23-9-5-8-20(12-23)22-13-24-25(16-30-27(24)29-15-22)21-10-11-28-26(14-21)33-17-19-6-3-2-4-7-19/h2-16H,17H2,1H3,(H,29,30)(H,31,32). The highest BCUT2D eigenvalue weighted by Crippen LogP contribution is 2.32. The van der Waals surface area contributed by atoms with Gasteiger partial charge in [-0.25, -0.2) is 9.97 Å². The van der Waals surface area contributed by atoms with E-state index in [4.69, 9.17) is 4.74 Å². The number of aromatic nitrogens is 3. The number of hydrogen-bond donors (Lipinski definition) is 2. The molecule has 0 unspecified atom stereocenters. The predicted molar refractivity (Wildman–Crippen MR) is 130 cm³/mol. The number of aromatic amines is 1. The molecule has 0 saturated carbocycles. The minimum absolute atomic E-state index is 0.100. The van der Waals surface area contributed by atoms with Gasteiger partial charge >= 0.3 is 0 Å². The Hall–Kier alpha value is -4.45. The Morgan fingerprint density at radius 2 is 1.82 bits per heavy atom. The van der Waals surface area contributed by atoms with E-state index >= 15 is 0 Å². The molecule has 162 valence electrons. The smallest absolute Gasteiger partial charge is 0.221 e. The number of amides is 1. The summed E-state index contributed by atoms with van der Waals surface area (Å²) in [7, 11) is 0. The van der Waals surface area contributed by atoms with E-state index in [2.05, 4.69) is 26.3 Å². The summed E-state index contributed by atoms with van der Waals surface area (Å²) in [5.41, 5.74) is 6.59. The Labute approximate surface area is 191 Å². The molecule has 6 nitrogen and oxygen atoms in total. The van der Waals surface area contributed by atoms with Crippen LogP contribution in [0.25, 0.3) is 33.3 Å². The van der Waals surface area contributed by atoms with Crippen LogP contribution in [0.5, 0.6) is 5.88 Å². The van der Waals surface area contributed by atoms with Gasteiger partial charge in [0.1, 0.15) is 12.3 Å². The number of rotatable bonds is 6. The molecule has 0 saturated heterocycles. The summed E-state index contributed by atoms with van der Waals surface area (Å²) in [4.78, 5) is 23.6. The van der Waals surface area contributed by atoms with E-state index in [9.17, 15) is 4.79 Å². The molecule has 0 aliphatic rings. The molecule has 33 heavy (non-hydrogen) atoms. The van der Waals surface area contributed by atoms with Gasteiger partial charge in [-0.1, -0.05) is 42.5 Å². The molecule has 5 aromatic rings. The number of hydrogen-bond acceptors (Lipinski definition) is 4. The van der Waals surface area contributed by atoms with Crippen molar-refractivity contribution in [2.75, 3.05) is 5.32 Å². The van der Waals surface area contributed by atoms with Gasteiger partial charge in [0.25, 0.3) is 0 Å². The van der Waals surface area contributed by atoms with Crippen molar-refractivity contribution in [2.24, 2.45) is 0 Å². The van der Waals surface area contributed by atoms with Gasteiger partial charge in [-0.2, -0.15) is 0 Å². The Morgan fingerprint density at radius 1 is 0.939 bits per heavy atom. The number of anilines is 1. The van der Waals surface area contributed by atoms with E-state index in [0.29, 0.717) is 12.5 Å². The van der Waals surface area contributed by atoms with Crippen LogP contribution in [0.2, 0.25) is 0 Å². The van der Waals surface area contributed by atoms with E-state index in [-0.39, 0.29) is 5.91 Å². The van der Waals surface area contributed by atoms with Crippen molar-refractivity contribution in [2.45, 2.75) is 13.5 Å². The molecule has 0 spiro atoms. The van der Waals surface area contributed by atoms with Crippen LogP contribution < -0.4 is 10.1 Å². The lowest BCUT2D eigenvalue weighted by molar-refractivity contribution is -0.114. The largest absolute Gasteiger partial charge is 0.473 e. The fraction of sp³-hybridized carbons (Fsp3) is 0.0741. The van der Waals surface area contributed by atoms with Gasteiger partial charge in [-0.05, 0) is 41.0 Å². The van der Waals surface area contributed by atoms with Crippen molar-refractivity contribution in [3.63, 3.8) is 0 Å². The number of nitrogens with one attached hydrogen (secondary N) is 2. The summed E-state index contributed by atoms with van der Waals surface area (Å²) in [5, 5.41) is 3.83. The first-order valence-corrected chi connectivity index (χ1v) is 10.6. The minimum atomic E-state index is -0.100. The topological polar surface area (TPSA) is 79.9 Å². The minimum Gasteiger partial charge on any atom is -0.473 e. The van der Waals surface area contributed by atoms with Crippen LogP contribution in [0.3, 0.4) is 0 Å². The molecule has 0 atom stereocenters. The van der Waals surface area contributed by atoms with Crippen LogP contribution in [0.1, 0.15) is 12.5 Å². The van der Waals surface area contributed by atoms with E-state index in [0.717, 1.165) is 44.5 Å². The number of fused-ring (bicyclic) bond motifs is 1. The number of ether oxygens (including phenoxy) is 1. The SMILES string of the molecule is CC(=O)Nc1cccc(-c2cnc3[nH]cc(-c4ccnc(OCc5ccccc5)c4)c3c2)c1. The van der Waals surface area contributed by atoms with Gasteiger partial charge in [0.15, 0.2) is 0 Å². The van der Waals surface area contributed by atoms with Gasteiger partial charge in [-0.15, -0.1) is 0 Å². The van der Waals surface area contributed by atoms with Crippen LogP contribution in [0.15, 0.2) is 91.4 Å². The molecule has 6 heteroatoms. The first-order valence-electron chi connectivity index (χ1n) is 10.6. The van der Waals surface area contributed by atoms with Gasteiger partial charge in [0, 0.05) is 53.8 Å². The van der Waals surface area contributed by atoms with Crippen molar-refractivity contribution < 1.29 is 9.53 Å². The zero-order chi connectivity index (χ0) is 22.6. The summed E-state index contributed by atoms with van der Waals surface area (Å²) >= 11 is 0. The third-order valence-electron chi connectivity index (χ3n) is 5.32. The van der Waals surface area contributed by atoms with Crippen LogP contribution in [0.4, 0.5) is 5.69 Å². The monoisotopic (exact) mass is 434 g/mol. The third-order valence-corrected chi connectivity index (χ3v) is 5.32. The maximum atomic E-state index is 11.4. The molecule has 1 amide bonds. The molecule has 5 rings (SSSR count). The van der Waals surface area contributed by atoms with Crippen LogP contribution >= 0.6 is 0 Å². The van der Waals surface area contributed by atoms with Crippen molar-refractivity contribution in [1.82, 2.24) is 15.0 Å². The quantitative estimate of drug-likeness (QED) is 0.352. The second kappa shape index (κ2) is 8.96. The van der Waals surface area contributed by atoms with Gasteiger partial charge in [0.2, 0.25) is 11.8 Å². The molecular formula is C27H22N4O2. The summed E-state index contributed by atoms with van der Waals surface area (Å²) < 4.78 is 5.91. The molecule has 2 N–H and O–H groups in total. The average Bonchev–Trinajstić information content (AvgIpc) is 3.27. The Morgan fingerprint density at radius 3 is 2.67 bits per heavy atom. The second-order valence-corrected chi connectivity index (χ2v) is 7.74. The molecule has 3 aromatic heterocycles. The fourth-order valence-electron chi connectivity index (χ4n) is 3.77. The highest BCUT2D eigenvalue weighted by Gasteiger charge is 2.11. The van der Waals surface area contributed by atoms with E-state index in [1.54, 1.807) is 6.20 Å².